The van der Waals surface area contributed by atoms with E-state index in [1.54, 1.807) is 18.2 Å². The highest BCUT2D eigenvalue weighted by molar-refractivity contribution is 8.02. The van der Waals surface area contributed by atoms with Crippen molar-refractivity contribution in [3.8, 4) is 0 Å². The van der Waals surface area contributed by atoms with Crippen LogP contribution in [-0.4, -0.2) is 49.9 Å². The Balaban J connectivity index is 1.50. The number of thiophene rings is 1. The van der Waals surface area contributed by atoms with E-state index in [0.717, 1.165) is 24.2 Å². The van der Waals surface area contributed by atoms with Crippen molar-refractivity contribution in [3.63, 3.8) is 0 Å². The number of nitrogens with zero attached hydrogens (tertiary/aromatic N) is 2. The molecule has 4 rings (SSSR count). The van der Waals surface area contributed by atoms with Crippen molar-refractivity contribution in [2.45, 2.75) is 27.8 Å². The number of rotatable bonds is 6. The molecular weight excluding hydrogens is 449 g/mol. The largest absolute Gasteiger partial charge is 0.350 e. The first-order valence-electron chi connectivity index (χ1n) is 9.43. The number of hydrogen-bond donors (Lipinski definition) is 1. The summed E-state index contributed by atoms with van der Waals surface area (Å²) in [5.41, 5.74) is 0.793. The van der Waals surface area contributed by atoms with E-state index in [-0.39, 0.29) is 29.0 Å². The number of fused-ring (bicyclic) bond motifs is 1. The first-order chi connectivity index (χ1) is 14.4. The molecule has 7 nitrogen and oxygen atoms in total. The summed E-state index contributed by atoms with van der Waals surface area (Å²) in [6.07, 6.45) is 1.68. The number of halogens is 1. The Kier molecular flexibility index (Phi) is 6.14. The Morgan fingerprint density at radius 2 is 1.93 bits per heavy atom. The summed E-state index contributed by atoms with van der Waals surface area (Å²) < 4.78 is 41.8. The van der Waals surface area contributed by atoms with Gasteiger partial charge in [0, 0.05) is 25.2 Å². The molecule has 2 aromatic rings. The number of carbonyl (C=O) groups is 2. The van der Waals surface area contributed by atoms with Crippen LogP contribution in [0.5, 0.6) is 0 Å². The van der Waals surface area contributed by atoms with E-state index in [1.807, 2.05) is 0 Å². The SMILES string of the molecule is O=C(CN1C(=O)CSc2sc(S(=O)(=O)N3CCCC3)cc21)NCc1ccccc1F. The van der Waals surface area contributed by atoms with Gasteiger partial charge in [-0.3, -0.25) is 9.59 Å². The summed E-state index contributed by atoms with van der Waals surface area (Å²) >= 11 is 2.41. The van der Waals surface area contributed by atoms with Crippen molar-refractivity contribution in [2.24, 2.45) is 0 Å². The molecule has 11 heteroatoms. The molecule has 1 N–H and O–H groups in total. The van der Waals surface area contributed by atoms with Crippen molar-refractivity contribution in [3.05, 3.63) is 41.7 Å². The number of carbonyl (C=O) groups excluding carboxylic acids is 2. The lowest BCUT2D eigenvalue weighted by Crippen LogP contribution is -2.42. The minimum absolute atomic E-state index is 0.00731. The molecule has 0 spiro atoms. The highest BCUT2D eigenvalue weighted by Gasteiger charge is 2.34. The van der Waals surface area contributed by atoms with E-state index in [9.17, 15) is 22.4 Å². The molecule has 0 atom stereocenters. The number of benzene rings is 1. The summed E-state index contributed by atoms with van der Waals surface area (Å²) in [5, 5.41) is 2.62. The molecular formula is C19H20FN3O4S3. The Morgan fingerprint density at radius 3 is 2.67 bits per heavy atom. The van der Waals surface area contributed by atoms with E-state index in [1.165, 1.54) is 33.1 Å². The molecule has 3 heterocycles. The first kappa shape index (κ1) is 21.3. The van der Waals surface area contributed by atoms with Crippen LogP contribution in [0.15, 0.2) is 38.8 Å². The molecule has 2 amide bonds. The lowest BCUT2D eigenvalue weighted by molar-refractivity contribution is -0.123. The lowest BCUT2D eigenvalue weighted by Gasteiger charge is -2.25. The van der Waals surface area contributed by atoms with Crippen molar-refractivity contribution in [1.29, 1.82) is 0 Å². The maximum absolute atomic E-state index is 13.7. The van der Waals surface area contributed by atoms with Gasteiger partial charge in [-0.25, -0.2) is 12.8 Å². The molecule has 30 heavy (non-hydrogen) atoms. The zero-order valence-corrected chi connectivity index (χ0v) is 18.4. The van der Waals surface area contributed by atoms with Gasteiger partial charge in [-0.1, -0.05) is 18.2 Å². The highest BCUT2D eigenvalue weighted by Crippen LogP contribution is 2.44. The molecule has 1 aromatic heterocycles. The van der Waals surface area contributed by atoms with Crippen LogP contribution >= 0.6 is 23.1 Å². The van der Waals surface area contributed by atoms with Gasteiger partial charge in [0.1, 0.15) is 16.6 Å². The van der Waals surface area contributed by atoms with Crippen molar-refractivity contribution in [1.82, 2.24) is 9.62 Å². The molecule has 1 fully saturated rings. The van der Waals surface area contributed by atoms with Crippen molar-refractivity contribution in [2.75, 3.05) is 30.3 Å². The van der Waals surface area contributed by atoms with Gasteiger partial charge in [0.2, 0.25) is 11.8 Å². The van der Waals surface area contributed by atoms with E-state index in [0.29, 0.717) is 28.5 Å². The van der Waals surface area contributed by atoms with E-state index < -0.39 is 21.7 Å². The van der Waals surface area contributed by atoms with Gasteiger partial charge >= 0.3 is 0 Å². The summed E-state index contributed by atoms with van der Waals surface area (Å²) in [7, 11) is -3.59. The molecule has 2 aliphatic rings. The fraction of sp³-hybridized carbons (Fsp3) is 0.368. The van der Waals surface area contributed by atoms with Crippen LogP contribution in [0.3, 0.4) is 0 Å². The van der Waals surface area contributed by atoms with Gasteiger partial charge in [0.05, 0.1) is 15.6 Å². The molecule has 0 radical (unpaired) electrons. The standard InChI is InChI=1S/C19H20FN3O4S3/c20-14-6-2-1-5-13(14)10-21-16(24)11-23-15-9-18(29-19(15)28-12-17(23)25)30(26,27)22-7-3-4-8-22/h1-2,5-6,9H,3-4,7-8,10-12H2,(H,21,24). The lowest BCUT2D eigenvalue weighted by atomic mass is 10.2. The van der Waals surface area contributed by atoms with Gasteiger partial charge < -0.3 is 10.2 Å². The quantitative estimate of drug-likeness (QED) is 0.702. The van der Waals surface area contributed by atoms with E-state index in [4.69, 9.17) is 0 Å². The zero-order chi connectivity index (χ0) is 21.3. The molecule has 0 saturated carbocycles. The molecule has 0 unspecified atom stereocenters. The van der Waals surface area contributed by atoms with Gasteiger partial charge in [-0.15, -0.1) is 23.1 Å². The number of hydrogen-bond acceptors (Lipinski definition) is 6. The van der Waals surface area contributed by atoms with E-state index >= 15 is 0 Å². The van der Waals surface area contributed by atoms with Gasteiger partial charge in [0.15, 0.2) is 0 Å². The Labute approximate surface area is 182 Å². The molecule has 0 bridgehead atoms. The number of anilines is 1. The first-order valence-corrected chi connectivity index (χ1v) is 12.7. The minimum Gasteiger partial charge on any atom is -0.350 e. The molecule has 0 aliphatic carbocycles. The predicted molar refractivity (Wildman–Crippen MR) is 114 cm³/mol. The average Bonchev–Trinajstić information content (AvgIpc) is 3.40. The second kappa shape index (κ2) is 8.66. The normalized spacial score (nSPS) is 17.2. The predicted octanol–water partition coefficient (Wildman–Crippen LogP) is 2.43. The number of amides is 2. The van der Waals surface area contributed by atoms with Crippen LogP contribution in [0.2, 0.25) is 0 Å². The zero-order valence-electron chi connectivity index (χ0n) is 16.0. The third kappa shape index (κ3) is 4.25. The molecule has 2 aliphatic heterocycles. The van der Waals surface area contributed by atoms with Gasteiger partial charge in [0.25, 0.3) is 10.0 Å². The average molecular weight is 470 g/mol. The van der Waals surface area contributed by atoms with Gasteiger partial charge in [-0.05, 0) is 25.0 Å². The fourth-order valence-corrected chi connectivity index (χ4v) is 7.80. The molecule has 1 saturated heterocycles. The third-order valence-electron chi connectivity index (χ3n) is 4.97. The number of sulfonamides is 1. The van der Waals surface area contributed by atoms with Crippen LogP contribution in [0.4, 0.5) is 10.1 Å². The van der Waals surface area contributed by atoms with Crippen LogP contribution < -0.4 is 10.2 Å². The maximum Gasteiger partial charge on any atom is 0.252 e. The summed E-state index contributed by atoms with van der Waals surface area (Å²) in [5.74, 6) is -0.992. The Morgan fingerprint density at radius 1 is 1.20 bits per heavy atom. The summed E-state index contributed by atoms with van der Waals surface area (Å²) in [6.45, 7) is 0.756. The number of thioether (sulfide) groups is 1. The monoisotopic (exact) mass is 469 g/mol. The second-order valence-electron chi connectivity index (χ2n) is 6.99. The van der Waals surface area contributed by atoms with Crippen LogP contribution in [0.25, 0.3) is 0 Å². The van der Waals surface area contributed by atoms with E-state index in [2.05, 4.69) is 5.32 Å². The van der Waals surface area contributed by atoms with Crippen LogP contribution in [0, 0.1) is 5.82 Å². The van der Waals surface area contributed by atoms with Crippen molar-refractivity contribution < 1.29 is 22.4 Å². The third-order valence-corrected chi connectivity index (χ3v) is 9.70. The highest BCUT2D eigenvalue weighted by atomic mass is 32.3. The smallest absolute Gasteiger partial charge is 0.252 e. The summed E-state index contributed by atoms with van der Waals surface area (Å²) in [4.78, 5) is 26.2. The van der Waals surface area contributed by atoms with Crippen molar-refractivity contribution >= 4 is 50.6 Å². The van der Waals surface area contributed by atoms with Crippen LogP contribution in [-0.2, 0) is 26.2 Å². The topological polar surface area (TPSA) is 86.8 Å². The summed E-state index contributed by atoms with van der Waals surface area (Å²) in [6, 6.07) is 7.62. The Hall–Kier alpha value is -1.95. The van der Waals surface area contributed by atoms with Gasteiger partial charge in [-0.2, -0.15) is 4.31 Å². The second-order valence-corrected chi connectivity index (χ2v) is 11.4. The van der Waals surface area contributed by atoms with Crippen LogP contribution in [0.1, 0.15) is 18.4 Å². The molecule has 1 aromatic carbocycles. The number of nitrogens with one attached hydrogen (secondary N) is 1. The minimum atomic E-state index is -3.59. The maximum atomic E-state index is 13.7. The fourth-order valence-electron chi connectivity index (χ4n) is 3.37. The Bertz CT molecular complexity index is 1080. The molecule has 160 valence electrons.